The summed E-state index contributed by atoms with van der Waals surface area (Å²) in [6.07, 6.45) is 2.40. The number of aliphatic hydroxyl groups is 1. The number of hydrogen-bond donors (Lipinski definition) is 3. The van der Waals surface area contributed by atoms with Crippen LogP contribution in [0.25, 0.3) is 5.65 Å². The lowest BCUT2D eigenvalue weighted by atomic mass is 10.3. The molecule has 4 N–H and O–H groups in total. The molecule has 0 aliphatic carbocycles. The summed E-state index contributed by atoms with van der Waals surface area (Å²) in [7, 11) is 0. The molecule has 6 nitrogen and oxygen atoms in total. The summed E-state index contributed by atoms with van der Waals surface area (Å²) in [4.78, 5) is 15.0. The van der Waals surface area contributed by atoms with E-state index in [2.05, 4.69) is 10.3 Å². The highest BCUT2D eigenvalue weighted by Crippen LogP contribution is 2.11. The maximum absolute atomic E-state index is 10.6. The van der Waals surface area contributed by atoms with Gasteiger partial charge < -0.3 is 20.6 Å². The number of aliphatic hydroxyl groups excluding tert-OH is 1. The van der Waals surface area contributed by atoms with Gasteiger partial charge in [0.1, 0.15) is 11.8 Å². The smallest absolute Gasteiger partial charge is 0.247 e. The molecule has 2 heterocycles. The highest BCUT2D eigenvalue weighted by atomic mass is 35.5. The summed E-state index contributed by atoms with van der Waals surface area (Å²) >= 11 is 5.86. The Morgan fingerprint density at radius 1 is 1.56 bits per heavy atom. The Labute approximate surface area is 108 Å². The van der Waals surface area contributed by atoms with Crippen molar-refractivity contribution < 1.29 is 9.90 Å². The zero-order chi connectivity index (χ0) is 13.1. The van der Waals surface area contributed by atoms with E-state index in [0.717, 1.165) is 11.3 Å². The molecule has 2 rings (SSSR count). The Bertz CT molecular complexity index is 569. The van der Waals surface area contributed by atoms with Gasteiger partial charge in [0, 0.05) is 25.5 Å². The van der Waals surface area contributed by atoms with Gasteiger partial charge in [0.25, 0.3) is 0 Å². The third-order valence-corrected chi connectivity index (χ3v) is 2.66. The first-order valence-electron chi connectivity index (χ1n) is 5.37. The fourth-order valence-electron chi connectivity index (χ4n) is 1.54. The van der Waals surface area contributed by atoms with Crippen LogP contribution in [0.1, 0.15) is 5.69 Å². The van der Waals surface area contributed by atoms with Crippen LogP contribution < -0.4 is 11.1 Å². The van der Waals surface area contributed by atoms with Crippen LogP contribution in [-0.2, 0) is 11.3 Å². The molecule has 1 atom stereocenters. The Balaban J connectivity index is 1.98. The number of nitrogens with zero attached hydrogens (tertiary/aromatic N) is 2. The van der Waals surface area contributed by atoms with Gasteiger partial charge in [-0.15, -0.1) is 0 Å². The molecule has 0 saturated carbocycles. The predicted molar refractivity (Wildman–Crippen MR) is 67.1 cm³/mol. The van der Waals surface area contributed by atoms with Crippen LogP contribution in [0.5, 0.6) is 0 Å². The van der Waals surface area contributed by atoms with Gasteiger partial charge >= 0.3 is 0 Å². The predicted octanol–water partition coefficient (Wildman–Crippen LogP) is -0.0765. The van der Waals surface area contributed by atoms with Gasteiger partial charge in [-0.1, -0.05) is 11.6 Å². The van der Waals surface area contributed by atoms with Gasteiger partial charge in [0.15, 0.2) is 0 Å². The van der Waals surface area contributed by atoms with E-state index in [1.165, 1.54) is 0 Å². The number of hydrogen-bond acceptors (Lipinski definition) is 4. The van der Waals surface area contributed by atoms with Crippen molar-refractivity contribution in [1.82, 2.24) is 14.7 Å². The second kappa shape index (κ2) is 5.34. The van der Waals surface area contributed by atoms with Gasteiger partial charge in [0.05, 0.1) is 10.7 Å². The molecule has 0 radical (unpaired) electrons. The van der Waals surface area contributed by atoms with E-state index in [4.69, 9.17) is 17.3 Å². The second-order valence-electron chi connectivity index (χ2n) is 3.89. The molecule has 2 aromatic heterocycles. The van der Waals surface area contributed by atoms with E-state index >= 15 is 0 Å². The standard InChI is InChI=1S/C11H13ClN4O2/c12-7-1-2-10-15-8(6-16(10)5-7)3-14-4-9(17)11(13)18/h1-2,5-6,9,14,17H,3-4H2,(H2,13,18). The largest absolute Gasteiger partial charge is 0.382 e. The highest BCUT2D eigenvalue weighted by Gasteiger charge is 2.10. The lowest BCUT2D eigenvalue weighted by Crippen LogP contribution is -2.37. The molecule has 96 valence electrons. The van der Waals surface area contributed by atoms with Gasteiger partial charge in [-0.3, -0.25) is 4.79 Å². The number of carbonyl (C=O) groups is 1. The first-order valence-corrected chi connectivity index (χ1v) is 5.75. The first kappa shape index (κ1) is 12.8. The summed E-state index contributed by atoms with van der Waals surface area (Å²) in [6, 6.07) is 3.57. The second-order valence-corrected chi connectivity index (χ2v) is 4.33. The van der Waals surface area contributed by atoms with Crippen molar-refractivity contribution in [3.63, 3.8) is 0 Å². The molecule has 0 saturated heterocycles. The van der Waals surface area contributed by atoms with Crippen molar-refractivity contribution in [3.05, 3.63) is 35.2 Å². The molecule has 2 aromatic rings. The zero-order valence-electron chi connectivity index (χ0n) is 9.51. The van der Waals surface area contributed by atoms with Crippen molar-refractivity contribution >= 4 is 23.2 Å². The molecule has 0 aliphatic rings. The van der Waals surface area contributed by atoms with Crippen LogP contribution in [0.2, 0.25) is 5.02 Å². The Hall–Kier alpha value is -1.63. The number of halogens is 1. The van der Waals surface area contributed by atoms with Crippen LogP contribution in [0.15, 0.2) is 24.5 Å². The average Bonchev–Trinajstić information content (AvgIpc) is 2.70. The minimum atomic E-state index is -1.18. The quantitative estimate of drug-likeness (QED) is 0.707. The number of primary amides is 1. The topological polar surface area (TPSA) is 92.7 Å². The zero-order valence-corrected chi connectivity index (χ0v) is 10.3. The molecule has 0 bridgehead atoms. The van der Waals surface area contributed by atoms with Crippen molar-refractivity contribution in [2.45, 2.75) is 12.6 Å². The SMILES string of the molecule is NC(=O)C(O)CNCc1cn2cc(Cl)ccc2n1. The van der Waals surface area contributed by atoms with E-state index < -0.39 is 12.0 Å². The van der Waals surface area contributed by atoms with E-state index in [0.29, 0.717) is 11.6 Å². The Morgan fingerprint density at radius 2 is 2.33 bits per heavy atom. The third kappa shape index (κ3) is 2.98. The normalized spacial score (nSPS) is 12.8. The molecule has 0 spiro atoms. The van der Waals surface area contributed by atoms with Gasteiger partial charge in [0.2, 0.25) is 5.91 Å². The maximum Gasteiger partial charge on any atom is 0.247 e. The van der Waals surface area contributed by atoms with Gasteiger partial charge in [-0.25, -0.2) is 4.98 Å². The number of aromatic nitrogens is 2. The molecular weight excluding hydrogens is 256 g/mol. The fourth-order valence-corrected chi connectivity index (χ4v) is 1.71. The molecule has 1 amide bonds. The number of carbonyl (C=O) groups excluding carboxylic acids is 1. The summed E-state index contributed by atoms with van der Waals surface area (Å²) in [6.45, 7) is 0.535. The van der Waals surface area contributed by atoms with E-state index in [1.807, 2.05) is 16.7 Å². The molecule has 0 fully saturated rings. The third-order valence-electron chi connectivity index (χ3n) is 2.44. The minimum absolute atomic E-state index is 0.101. The van der Waals surface area contributed by atoms with E-state index in [1.54, 1.807) is 12.3 Å². The molecule has 18 heavy (non-hydrogen) atoms. The number of nitrogens with one attached hydrogen (secondary N) is 1. The lowest BCUT2D eigenvalue weighted by Gasteiger charge is -2.06. The first-order chi connectivity index (χ1) is 8.56. The molecule has 7 heteroatoms. The van der Waals surface area contributed by atoms with Gasteiger partial charge in [-0.2, -0.15) is 0 Å². The van der Waals surface area contributed by atoms with E-state index in [9.17, 15) is 9.90 Å². The van der Waals surface area contributed by atoms with Crippen LogP contribution >= 0.6 is 11.6 Å². The monoisotopic (exact) mass is 268 g/mol. The highest BCUT2D eigenvalue weighted by molar-refractivity contribution is 6.30. The number of rotatable bonds is 5. The van der Waals surface area contributed by atoms with Crippen LogP contribution in [0.4, 0.5) is 0 Å². The van der Waals surface area contributed by atoms with Crippen molar-refractivity contribution in [2.75, 3.05) is 6.54 Å². The summed E-state index contributed by atoms with van der Waals surface area (Å²) in [5, 5.41) is 12.7. The number of nitrogens with two attached hydrogens (primary N) is 1. The minimum Gasteiger partial charge on any atom is -0.382 e. The Kier molecular flexibility index (Phi) is 3.81. The molecule has 1 unspecified atom stereocenters. The number of pyridine rings is 1. The summed E-state index contributed by atoms with van der Waals surface area (Å²) in [5.74, 6) is -0.746. The van der Waals surface area contributed by atoms with Crippen LogP contribution in [0.3, 0.4) is 0 Å². The van der Waals surface area contributed by atoms with Crippen LogP contribution in [-0.4, -0.2) is 33.0 Å². The molecular formula is C11H13ClN4O2. The summed E-state index contributed by atoms with van der Waals surface area (Å²) < 4.78 is 1.81. The van der Waals surface area contributed by atoms with Crippen molar-refractivity contribution in [1.29, 1.82) is 0 Å². The number of fused-ring (bicyclic) bond motifs is 1. The number of amides is 1. The van der Waals surface area contributed by atoms with Crippen molar-refractivity contribution in [2.24, 2.45) is 5.73 Å². The molecule has 0 aliphatic heterocycles. The maximum atomic E-state index is 10.6. The lowest BCUT2D eigenvalue weighted by molar-refractivity contribution is -0.125. The summed E-state index contributed by atoms with van der Waals surface area (Å²) in [5.41, 5.74) is 6.50. The average molecular weight is 269 g/mol. The van der Waals surface area contributed by atoms with Crippen molar-refractivity contribution in [3.8, 4) is 0 Å². The fraction of sp³-hybridized carbons (Fsp3) is 0.273. The number of imidazole rings is 1. The van der Waals surface area contributed by atoms with E-state index in [-0.39, 0.29) is 6.54 Å². The van der Waals surface area contributed by atoms with Gasteiger partial charge in [-0.05, 0) is 12.1 Å². The Morgan fingerprint density at radius 3 is 3.06 bits per heavy atom. The van der Waals surface area contributed by atoms with Crippen LogP contribution in [0, 0.1) is 0 Å². The molecule has 0 aromatic carbocycles.